The lowest BCUT2D eigenvalue weighted by Gasteiger charge is -2.32. The molecule has 1 aromatic carbocycles. The molecule has 0 N–H and O–H groups in total. The molecular formula is C13H15BrN2O4. The number of hydrogen-bond donors (Lipinski definition) is 0. The van der Waals surface area contributed by atoms with Gasteiger partial charge in [0.15, 0.2) is 0 Å². The standard InChI is InChI=1S/C13H15BrN2O4/c1-9-2-3-10(6-12(9)16(18)19)13(17)15-4-5-20-11(7-14)8-15/h2-3,6,11H,4-5,7-8H2,1H3. The van der Waals surface area contributed by atoms with E-state index >= 15 is 0 Å². The highest BCUT2D eigenvalue weighted by molar-refractivity contribution is 9.09. The zero-order valence-electron chi connectivity index (χ0n) is 11.0. The number of nitrogens with zero attached hydrogens (tertiary/aromatic N) is 2. The van der Waals surface area contributed by atoms with Gasteiger partial charge in [0.1, 0.15) is 0 Å². The molecule has 1 aliphatic heterocycles. The van der Waals surface area contributed by atoms with E-state index in [1.165, 1.54) is 6.07 Å². The third-order valence-corrected chi connectivity index (χ3v) is 3.97. The fraction of sp³-hybridized carbons (Fsp3) is 0.462. The summed E-state index contributed by atoms with van der Waals surface area (Å²) < 4.78 is 5.48. The Balaban J connectivity index is 2.20. The highest BCUT2D eigenvalue weighted by Gasteiger charge is 2.25. The minimum absolute atomic E-state index is 0.0267. The summed E-state index contributed by atoms with van der Waals surface area (Å²) in [5.41, 5.74) is 0.866. The van der Waals surface area contributed by atoms with E-state index in [9.17, 15) is 14.9 Å². The van der Waals surface area contributed by atoms with Gasteiger partial charge in [-0.2, -0.15) is 0 Å². The van der Waals surface area contributed by atoms with E-state index in [0.717, 1.165) is 0 Å². The maximum atomic E-state index is 12.4. The lowest BCUT2D eigenvalue weighted by atomic mass is 10.1. The Bertz CT molecular complexity index is 535. The molecule has 20 heavy (non-hydrogen) atoms. The number of morpholine rings is 1. The number of aryl methyl sites for hydroxylation is 1. The van der Waals surface area contributed by atoms with E-state index in [1.807, 2.05) is 0 Å². The number of benzene rings is 1. The minimum Gasteiger partial charge on any atom is -0.374 e. The first-order valence-corrected chi connectivity index (χ1v) is 7.37. The van der Waals surface area contributed by atoms with Gasteiger partial charge in [0, 0.05) is 35.6 Å². The van der Waals surface area contributed by atoms with Gasteiger partial charge in [-0.25, -0.2) is 0 Å². The van der Waals surface area contributed by atoms with Gasteiger partial charge in [0.05, 0.1) is 17.6 Å². The third-order valence-electron chi connectivity index (χ3n) is 3.25. The number of nitro benzene ring substituents is 1. The molecule has 0 spiro atoms. The fourth-order valence-corrected chi connectivity index (χ4v) is 2.51. The monoisotopic (exact) mass is 342 g/mol. The van der Waals surface area contributed by atoms with Gasteiger partial charge in [-0.1, -0.05) is 22.0 Å². The van der Waals surface area contributed by atoms with Gasteiger partial charge in [0.2, 0.25) is 0 Å². The molecule has 1 aliphatic rings. The predicted octanol–water partition coefficient (Wildman–Crippen LogP) is 2.14. The van der Waals surface area contributed by atoms with Crippen LogP contribution in [0.1, 0.15) is 15.9 Å². The number of carbonyl (C=O) groups is 1. The lowest BCUT2D eigenvalue weighted by molar-refractivity contribution is -0.385. The molecule has 1 unspecified atom stereocenters. The zero-order valence-corrected chi connectivity index (χ0v) is 12.6. The van der Waals surface area contributed by atoms with Crippen LogP contribution in [0.2, 0.25) is 0 Å². The molecule has 6 nitrogen and oxygen atoms in total. The molecule has 1 heterocycles. The maximum Gasteiger partial charge on any atom is 0.273 e. The van der Waals surface area contributed by atoms with Crippen LogP contribution in [0.4, 0.5) is 5.69 Å². The molecule has 0 bridgehead atoms. The average molecular weight is 343 g/mol. The molecule has 0 radical (unpaired) electrons. The first-order chi connectivity index (χ1) is 9.52. The molecule has 7 heteroatoms. The van der Waals surface area contributed by atoms with Gasteiger partial charge in [0.25, 0.3) is 11.6 Å². The van der Waals surface area contributed by atoms with E-state index in [4.69, 9.17) is 4.74 Å². The Morgan fingerprint density at radius 3 is 3.00 bits per heavy atom. The summed E-state index contributed by atoms with van der Waals surface area (Å²) in [6.45, 7) is 3.13. The molecule has 1 amide bonds. The number of rotatable bonds is 3. The van der Waals surface area contributed by atoms with Crippen molar-refractivity contribution in [3.63, 3.8) is 0 Å². The van der Waals surface area contributed by atoms with Crippen molar-refractivity contribution in [2.24, 2.45) is 0 Å². The minimum atomic E-state index is -0.466. The molecule has 0 aromatic heterocycles. The average Bonchev–Trinajstić information content (AvgIpc) is 2.46. The zero-order chi connectivity index (χ0) is 14.7. The van der Waals surface area contributed by atoms with Crippen molar-refractivity contribution >= 4 is 27.5 Å². The van der Waals surface area contributed by atoms with Gasteiger partial charge in [-0.05, 0) is 13.0 Å². The van der Waals surface area contributed by atoms with Crippen molar-refractivity contribution in [2.45, 2.75) is 13.0 Å². The number of hydrogen-bond acceptors (Lipinski definition) is 4. The number of amides is 1. The molecule has 1 fully saturated rings. The molecule has 1 atom stereocenters. The molecule has 2 rings (SSSR count). The van der Waals surface area contributed by atoms with Crippen LogP contribution in [0, 0.1) is 17.0 Å². The second kappa shape index (κ2) is 6.32. The quantitative estimate of drug-likeness (QED) is 0.479. The van der Waals surface area contributed by atoms with Crippen LogP contribution in [0.25, 0.3) is 0 Å². The summed E-state index contributed by atoms with van der Waals surface area (Å²) >= 11 is 3.33. The molecule has 0 aliphatic carbocycles. The lowest BCUT2D eigenvalue weighted by Crippen LogP contribution is -2.46. The fourth-order valence-electron chi connectivity index (χ4n) is 2.12. The van der Waals surface area contributed by atoms with E-state index in [-0.39, 0.29) is 17.7 Å². The summed E-state index contributed by atoms with van der Waals surface area (Å²) in [6, 6.07) is 4.58. The SMILES string of the molecule is Cc1ccc(C(=O)N2CCOC(CBr)C2)cc1[N+](=O)[O-]. The summed E-state index contributed by atoms with van der Waals surface area (Å²) in [7, 11) is 0. The summed E-state index contributed by atoms with van der Waals surface area (Å²) in [4.78, 5) is 24.5. The summed E-state index contributed by atoms with van der Waals surface area (Å²) in [5, 5.41) is 11.6. The van der Waals surface area contributed by atoms with Crippen LogP contribution in [0.5, 0.6) is 0 Å². The Morgan fingerprint density at radius 2 is 2.35 bits per heavy atom. The first-order valence-electron chi connectivity index (χ1n) is 6.25. The van der Waals surface area contributed by atoms with Crippen LogP contribution in [-0.2, 0) is 4.74 Å². The summed E-state index contributed by atoms with van der Waals surface area (Å²) in [5.74, 6) is -0.192. The molecule has 108 valence electrons. The topological polar surface area (TPSA) is 72.7 Å². The number of alkyl halides is 1. The molecule has 1 saturated heterocycles. The molecular weight excluding hydrogens is 328 g/mol. The second-order valence-corrected chi connectivity index (χ2v) is 5.30. The van der Waals surface area contributed by atoms with Crippen molar-refractivity contribution in [3.05, 3.63) is 39.4 Å². The van der Waals surface area contributed by atoms with Crippen molar-refractivity contribution in [2.75, 3.05) is 25.0 Å². The highest BCUT2D eigenvalue weighted by Crippen LogP contribution is 2.21. The van der Waals surface area contributed by atoms with Crippen molar-refractivity contribution in [1.82, 2.24) is 4.90 Å². The first kappa shape index (κ1) is 14.9. The van der Waals surface area contributed by atoms with Crippen LogP contribution in [-0.4, -0.2) is 46.9 Å². The van der Waals surface area contributed by atoms with E-state index in [0.29, 0.717) is 36.2 Å². The number of halogens is 1. The van der Waals surface area contributed by atoms with E-state index < -0.39 is 4.92 Å². The van der Waals surface area contributed by atoms with Gasteiger partial charge < -0.3 is 9.64 Å². The normalized spacial score (nSPS) is 18.9. The van der Waals surface area contributed by atoms with E-state index in [2.05, 4.69) is 15.9 Å². The maximum absolute atomic E-state index is 12.4. The van der Waals surface area contributed by atoms with Crippen LogP contribution < -0.4 is 0 Å². The smallest absolute Gasteiger partial charge is 0.273 e. The Morgan fingerprint density at radius 1 is 1.60 bits per heavy atom. The molecule has 0 saturated carbocycles. The summed E-state index contributed by atoms with van der Waals surface area (Å²) in [6.07, 6.45) is -0.0341. The number of ether oxygens (including phenoxy) is 1. The highest BCUT2D eigenvalue weighted by atomic mass is 79.9. The number of carbonyl (C=O) groups excluding carboxylic acids is 1. The Hall–Kier alpha value is -1.47. The Labute approximate surface area is 125 Å². The van der Waals surface area contributed by atoms with Crippen LogP contribution in [0.15, 0.2) is 18.2 Å². The molecule has 1 aromatic rings. The van der Waals surface area contributed by atoms with Gasteiger partial charge in [-0.3, -0.25) is 14.9 Å². The van der Waals surface area contributed by atoms with Crippen LogP contribution >= 0.6 is 15.9 Å². The number of nitro groups is 1. The second-order valence-electron chi connectivity index (χ2n) is 4.66. The van der Waals surface area contributed by atoms with E-state index in [1.54, 1.807) is 24.0 Å². The van der Waals surface area contributed by atoms with Crippen molar-refractivity contribution < 1.29 is 14.5 Å². The van der Waals surface area contributed by atoms with Crippen molar-refractivity contribution in [3.8, 4) is 0 Å². The van der Waals surface area contributed by atoms with Crippen LogP contribution in [0.3, 0.4) is 0 Å². The largest absolute Gasteiger partial charge is 0.374 e. The van der Waals surface area contributed by atoms with Gasteiger partial charge >= 0.3 is 0 Å². The predicted molar refractivity (Wildman–Crippen MR) is 77.3 cm³/mol. The third kappa shape index (κ3) is 3.16. The Kier molecular flexibility index (Phi) is 4.72. The van der Waals surface area contributed by atoms with Crippen molar-refractivity contribution in [1.29, 1.82) is 0 Å². The van der Waals surface area contributed by atoms with Gasteiger partial charge in [-0.15, -0.1) is 0 Å².